The first kappa shape index (κ1) is 20.7. The highest BCUT2D eigenvalue weighted by molar-refractivity contribution is 9.11. The van der Waals surface area contributed by atoms with Gasteiger partial charge >= 0.3 is 0 Å². The Morgan fingerprint density at radius 1 is 1.11 bits per heavy atom. The lowest BCUT2D eigenvalue weighted by Gasteiger charge is -2.35. The first-order chi connectivity index (χ1) is 13.3. The number of rotatable bonds is 5. The van der Waals surface area contributed by atoms with E-state index in [4.69, 9.17) is 0 Å². The first-order valence-electron chi connectivity index (χ1n) is 8.49. The van der Waals surface area contributed by atoms with Crippen LogP contribution >= 0.6 is 31.9 Å². The molecule has 1 aliphatic rings. The van der Waals surface area contributed by atoms with E-state index in [1.165, 1.54) is 24.3 Å². The van der Waals surface area contributed by atoms with Crippen molar-refractivity contribution < 1.29 is 14.1 Å². The number of nitro benzene ring substituents is 1. The van der Waals surface area contributed by atoms with Gasteiger partial charge in [-0.1, -0.05) is 0 Å². The molecule has 1 amide bonds. The quantitative estimate of drug-likeness (QED) is 0.480. The molecule has 0 atom stereocenters. The van der Waals surface area contributed by atoms with E-state index in [0.717, 1.165) is 18.8 Å². The van der Waals surface area contributed by atoms with Crippen LogP contribution in [0.3, 0.4) is 0 Å². The third-order valence-electron chi connectivity index (χ3n) is 4.43. The van der Waals surface area contributed by atoms with Gasteiger partial charge in [0.1, 0.15) is 5.82 Å². The Kier molecular flexibility index (Phi) is 6.63. The van der Waals surface area contributed by atoms with Crippen molar-refractivity contribution in [2.75, 3.05) is 42.9 Å². The summed E-state index contributed by atoms with van der Waals surface area (Å²) in [5.41, 5.74) is 1.35. The summed E-state index contributed by atoms with van der Waals surface area (Å²) in [6.07, 6.45) is 0. The molecule has 0 aromatic heterocycles. The van der Waals surface area contributed by atoms with Gasteiger partial charge in [-0.25, -0.2) is 4.39 Å². The van der Waals surface area contributed by atoms with Crippen LogP contribution in [0.2, 0.25) is 0 Å². The maximum atomic E-state index is 13.0. The molecule has 0 radical (unpaired) electrons. The van der Waals surface area contributed by atoms with Crippen molar-refractivity contribution >= 4 is 54.8 Å². The largest absolute Gasteiger partial charge is 0.369 e. The highest BCUT2D eigenvalue weighted by atomic mass is 79.9. The monoisotopic (exact) mass is 514 g/mol. The van der Waals surface area contributed by atoms with E-state index < -0.39 is 4.92 Å². The Morgan fingerprint density at radius 3 is 2.21 bits per heavy atom. The second-order valence-corrected chi connectivity index (χ2v) is 8.04. The van der Waals surface area contributed by atoms with Crippen LogP contribution in [0, 0.1) is 15.9 Å². The summed E-state index contributed by atoms with van der Waals surface area (Å²) < 4.78 is 13.9. The molecule has 1 heterocycles. The van der Waals surface area contributed by atoms with Gasteiger partial charge in [0.05, 0.1) is 17.2 Å². The van der Waals surface area contributed by atoms with Crippen LogP contribution in [0.15, 0.2) is 45.3 Å². The molecular weight excluding hydrogens is 499 g/mol. The van der Waals surface area contributed by atoms with Crippen molar-refractivity contribution in [3.05, 3.63) is 61.3 Å². The summed E-state index contributed by atoms with van der Waals surface area (Å²) in [6.45, 7) is 3.10. The lowest BCUT2D eigenvalue weighted by molar-refractivity contribution is -0.385. The number of hydrogen-bond donors (Lipinski definition) is 1. The van der Waals surface area contributed by atoms with Gasteiger partial charge in [0.2, 0.25) is 5.91 Å². The second kappa shape index (κ2) is 8.97. The Balaban J connectivity index is 1.55. The predicted octanol–water partition coefficient (Wildman–Crippen LogP) is 4.02. The summed E-state index contributed by atoms with van der Waals surface area (Å²) in [4.78, 5) is 27.0. The van der Waals surface area contributed by atoms with Crippen LogP contribution in [-0.2, 0) is 4.79 Å². The standard InChI is InChI=1S/C18H17Br2FN4O3/c19-15-9-14(25(27)28)10-16(20)18(15)22-17(26)11-23-5-7-24(8-6-23)13-3-1-12(21)2-4-13/h1-4,9-10H,5-8,11H2,(H,22,26). The zero-order valence-electron chi connectivity index (χ0n) is 14.7. The Morgan fingerprint density at radius 2 is 1.68 bits per heavy atom. The first-order valence-corrected chi connectivity index (χ1v) is 10.1. The Bertz CT molecular complexity index is 864. The van der Waals surface area contributed by atoms with E-state index in [1.807, 2.05) is 4.90 Å². The number of piperazine rings is 1. The predicted molar refractivity (Wildman–Crippen MR) is 112 cm³/mol. The number of nitrogens with one attached hydrogen (secondary N) is 1. The number of non-ortho nitro benzene ring substituents is 1. The van der Waals surface area contributed by atoms with E-state index in [2.05, 4.69) is 42.1 Å². The van der Waals surface area contributed by atoms with E-state index in [-0.39, 0.29) is 24.0 Å². The van der Waals surface area contributed by atoms with Crippen LogP contribution in [0.5, 0.6) is 0 Å². The molecule has 2 aromatic rings. The lowest BCUT2D eigenvalue weighted by atomic mass is 10.2. The fourth-order valence-corrected chi connectivity index (χ4v) is 4.34. The van der Waals surface area contributed by atoms with Crippen LogP contribution in [0.1, 0.15) is 0 Å². The number of amides is 1. The number of nitrogens with zero attached hydrogens (tertiary/aromatic N) is 3. The molecule has 0 unspecified atom stereocenters. The number of nitro groups is 1. The van der Waals surface area contributed by atoms with Gasteiger partial charge in [0, 0.05) is 52.9 Å². The zero-order valence-corrected chi connectivity index (χ0v) is 17.9. The minimum absolute atomic E-state index is 0.0753. The number of anilines is 2. The Hall–Kier alpha value is -2.04. The highest BCUT2D eigenvalue weighted by Gasteiger charge is 2.21. The van der Waals surface area contributed by atoms with Crippen molar-refractivity contribution in [3.63, 3.8) is 0 Å². The number of hydrogen-bond acceptors (Lipinski definition) is 5. The van der Waals surface area contributed by atoms with Crippen molar-refractivity contribution in [3.8, 4) is 0 Å². The molecule has 1 N–H and O–H groups in total. The molecule has 1 saturated heterocycles. The summed E-state index contributed by atoms with van der Waals surface area (Å²) >= 11 is 6.53. The van der Waals surface area contributed by atoms with Gasteiger partial charge in [0.15, 0.2) is 0 Å². The molecule has 1 fully saturated rings. The minimum Gasteiger partial charge on any atom is -0.369 e. The SMILES string of the molecule is O=C(CN1CCN(c2ccc(F)cc2)CC1)Nc1c(Br)cc([N+](=O)[O-])cc1Br. The number of carbonyl (C=O) groups is 1. The Labute approximate surface area is 177 Å². The molecule has 148 valence electrons. The molecule has 10 heteroatoms. The third kappa shape index (κ3) is 5.06. The van der Waals surface area contributed by atoms with Gasteiger partial charge in [-0.2, -0.15) is 0 Å². The fourth-order valence-electron chi connectivity index (χ4n) is 2.98. The molecule has 7 nitrogen and oxygen atoms in total. The average Bonchev–Trinajstić information content (AvgIpc) is 2.66. The third-order valence-corrected chi connectivity index (χ3v) is 5.68. The number of carbonyl (C=O) groups excluding carboxylic acids is 1. The minimum atomic E-state index is -0.498. The molecule has 0 saturated carbocycles. The molecule has 0 aliphatic carbocycles. The smallest absolute Gasteiger partial charge is 0.271 e. The summed E-state index contributed by atoms with van der Waals surface area (Å²) in [5, 5.41) is 13.7. The molecule has 0 bridgehead atoms. The highest BCUT2D eigenvalue weighted by Crippen LogP contribution is 2.35. The van der Waals surface area contributed by atoms with Crippen molar-refractivity contribution in [2.45, 2.75) is 0 Å². The van der Waals surface area contributed by atoms with Crippen LogP contribution in [0.4, 0.5) is 21.5 Å². The summed E-state index contributed by atoms with van der Waals surface area (Å²) in [6, 6.07) is 9.08. The molecule has 3 rings (SSSR count). The zero-order chi connectivity index (χ0) is 20.3. The van der Waals surface area contributed by atoms with Crippen molar-refractivity contribution in [2.24, 2.45) is 0 Å². The summed E-state index contributed by atoms with van der Waals surface area (Å²) in [5.74, 6) is -0.465. The van der Waals surface area contributed by atoms with E-state index in [0.29, 0.717) is 27.7 Å². The van der Waals surface area contributed by atoms with Gasteiger partial charge in [-0.3, -0.25) is 19.8 Å². The van der Waals surface area contributed by atoms with Crippen LogP contribution in [0.25, 0.3) is 0 Å². The summed E-state index contributed by atoms with van der Waals surface area (Å²) in [7, 11) is 0. The molecule has 2 aromatic carbocycles. The molecule has 28 heavy (non-hydrogen) atoms. The van der Waals surface area contributed by atoms with Gasteiger partial charge in [0.25, 0.3) is 5.69 Å². The average molecular weight is 516 g/mol. The molecular formula is C18H17Br2FN4O3. The number of halogens is 3. The molecule has 1 aliphatic heterocycles. The maximum absolute atomic E-state index is 13.0. The van der Waals surface area contributed by atoms with Crippen LogP contribution in [-0.4, -0.2) is 48.5 Å². The maximum Gasteiger partial charge on any atom is 0.271 e. The topological polar surface area (TPSA) is 78.7 Å². The van der Waals surface area contributed by atoms with Crippen molar-refractivity contribution in [1.82, 2.24) is 4.90 Å². The fraction of sp³-hybridized carbons (Fsp3) is 0.278. The second-order valence-electron chi connectivity index (χ2n) is 6.33. The lowest BCUT2D eigenvalue weighted by Crippen LogP contribution is -2.48. The van der Waals surface area contributed by atoms with E-state index in [1.54, 1.807) is 12.1 Å². The number of benzene rings is 2. The van der Waals surface area contributed by atoms with Crippen LogP contribution < -0.4 is 10.2 Å². The van der Waals surface area contributed by atoms with E-state index >= 15 is 0 Å². The van der Waals surface area contributed by atoms with Gasteiger partial charge in [-0.15, -0.1) is 0 Å². The normalized spacial score (nSPS) is 14.8. The van der Waals surface area contributed by atoms with Gasteiger partial charge < -0.3 is 10.2 Å². The van der Waals surface area contributed by atoms with Crippen molar-refractivity contribution in [1.29, 1.82) is 0 Å². The molecule has 0 spiro atoms. The van der Waals surface area contributed by atoms with Gasteiger partial charge in [-0.05, 0) is 56.1 Å². The van der Waals surface area contributed by atoms with E-state index in [9.17, 15) is 19.3 Å².